The van der Waals surface area contributed by atoms with E-state index in [0.29, 0.717) is 11.5 Å². The molecule has 0 amide bonds. The number of ether oxygens (including phenoxy) is 2. The zero-order chi connectivity index (χ0) is 27.6. The Labute approximate surface area is 227 Å². The fraction of sp³-hybridized carbons (Fsp3) is 0.273. The summed E-state index contributed by atoms with van der Waals surface area (Å²) in [5.74, 6) is 2.10. The molecule has 0 aromatic heterocycles. The third kappa shape index (κ3) is 6.46. The summed E-state index contributed by atoms with van der Waals surface area (Å²) >= 11 is 0. The van der Waals surface area contributed by atoms with E-state index in [2.05, 4.69) is 41.5 Å². The van der Waals surface area contributed by atoms with Crippen LogP contribution in [0.15, 0.2) is 107 Å². The Bertz CT molecular complexity index is 1460. The molecule has 0 fully saturated rings. The molecule has 4 rings (SSSR count). The third-order valence-corrected chi connectivity index (χ3v) is 8.47. The zero-order valence-electron chi connectivity index (χ0n) is 23.0. The van der Waals surface area contributed by atoms with Gasteiger partial charge in [0.1, 0.15) is 22.8 Å². The van der Waals surface area contributed by atoms with Crippen molar-refractivity contribution < 1.29 is 17.9 Å². The maximum atomic E-state index is 13.1. The average molecular weight is 529 g/mol. The Morgan fingerprint density at radius 2 is 0.974 bits per heavy atom. The van der Waals surface area contributed by atoms with Gasteiger partial charge >= 0.3 is 0 Å². The van der Waals surface area contributed by atoms with Crippen molar-refractivity contribution in [2.45, 2.75) is 68.8 Å². The first-order valence-corrected chi connectivity index (χ1v) is 14.4. The van der Waals surface area contributed by atoms with Gasteiger partial charge in [0.15, 0.2) is 0 Å². The molecule has 0 spiro atoms. The van der Waals surface area contributed by atoms with Crippen LogP contribution in [-0.2, 0) is 15.3 Å². The highest BCUT2D eigenvalue weighted by Gasteiger charge is 2.20. The predicted molar refractivity (Wildman–Crippen MR) is 154 cm³/mol. The molecule has 198 valence electrons. The van der Waals surface area contributed by atoms with E-state index < -0.39 is 9.84 Å². The van der Waals surface area contributed by atoms with Gasteiger partial charge in [-0.3, -0.25) is 0 Å². The minimum atomic E-state index is -3.61. The molecule has 0 aliphatic rings. The topological polar surface area (TPSA) is 52.6 Å². The van der Waals surface area contributed by atoms with Gasteiger partial charge in [-0.1, -0.05) is 64.1 Å². The Hall–Kier alpha value is -3.57. The van der Waals surface area contributed by atoms with Crippen molar-refractivity contribution in [2.24, 2.45) is 0 Å². The fourth-order valence-corrected chi connectivity index (χ4v) is 5.18. The molecule has 5 heteroatoms. The molecule has 0 saturated carbocycles. The Morgan fingerprint density at radius 1 is 0.579 bits per heavy atom. The largest absolute Gasteiger partial charge is 0.488 e. The van der Waals surface area contributed by atoms with Gasteiger partial charge in [0.2, 0.25) is 9.84 Å². The minimum Gasteiger partial charge on any atom is -0.488 e. The third-order valence-electron chi connectivity index (χ3n) is 6.69. The predicted octanol–water partition coefficient (Wildman–Crippen LogP) is 8.84. The molecule has 4 aromatic rings. The molecule has 4 nitrogen and oxygen atoms in total. The monoisotopic (exact) mass is 528 g/mol. The number of sulfone groups is 1. The molecule has 0 atom stereocenters. The van der Waals surface area contributed by atoms with Crippen molar-refractivity contribution in [2.75, 3.05) is 0 Å². The van der Waals surface area contributed by atoms with Crippen LogP contribution < -0.4 is 9.47 Å². The molecule has 0 unspecified atom stereocenters. The van der Waals surface area contributed by atoms with Crippen molar-refractivity contribution in [3.63, 3.8) is 0 Å². The summed E-state index contributed by atoms with van der Waals surface area (Å²) in [4.78, 5) is 0.516. The number of hydrogen-bond donors (Lipinski definition) is 0. The zero-order valence-corrected chi connectivity index (χ0v) is 23.8. The Morgan fingerprint density at radius 3 is 1.39 bits per heavy atom. The van der Waals surface area contributed by atoms with Gasteiger partial charge in [-0.25, -0.2) is 8.42 Å². The van der Waals surface area contributed by atoms with Gasteiger partial charge in [-0.2, -0.15) is 0 Å². The SMILES string of the molecule is CCC(C)(C)Oc1ccc(-c2ccc(Oc3ccc(S(=O)(=O)c4ccc(C(C)(C)C)cc4)cc3)cc2)cc1. The quantitative estimate of drug-likeness (QED) is 0.229. The maximum Gasteiger partial charge on any atom is 0.206 e. The lowest BCUT2D eigenvalue weighted by Crippen LogP contribution is -2.26. The van der Waals surface area contributed by atoms with Crippen molar-refractivity contribution in [3.8, 4) is 28.4 Å². The van der Waals surface area contributed by atoms with E-state index in [1.54, 1.807) is 36.4 Å². The second-order valence-corrected chi connectivity index (χ2v) is 13.1. The van der Waals surface area contributed by atoms with Gasteiger partial charge in [-0.15, -0.1) is 0 Å². The summed E-state index contributed by atoms with van der Waals surface area (Å²) in [6.45, 7) is 12.6. The highest BCUT2D eigenvalue weighted by Crippen LogP contribution is 2.30. The molecule has 0 heterocycles. The summed E-state index contributed by atoms with van der Waals surface area (Å²) in [6, 6.07) is 29.5. The van der Waals surface area contributed by atoms with Crippen LogP contribution in [0.3, 0.4) is 0 Å². The second-order valence-electron chi connectivity index (χ2n) is 11.1. The Kier molecular flexibility index (Phi) is 7.70. The van der Waals surface area contributed by atoms with Gasteiger partial charge in [0, 0.05) is 0 Å². The highest BCUT2D eigenvalue weighted by atomic mass is 32.2. The fourth-order valence-electron chi connectivity index (χ4n) is 3.92. The smallest absolute Gasteiger partial charge is 0.206 e. The van der Waals surface area contributed by atoms with Gasteiger partial charge < -0.3 is 9.47 Å². The Balaban J connectivity index is 1.42. The molecule has 0 saturated heterocycles. The van der Waals surface area contributed by atoms with Crippen LogP contribution in [0.25, 0.3) is 11.1 Å². The van der Waals surface area contributed by atoms with Crippen molar-refractivity contribution in [1.29, 1.82) is 0 Å². The van der Waals surface area contributed by atoms with Crippen molar-refractivity contribution in [1.82, 2.24) is 0 Å². The molecule has 0 radical (unpaired) electrons. The average Bonchev–Trinajstić information content (AvgIpc) is 2.89. The van der Waals surface area contributed by atoms with Crippen LogP contribution >= 0.6 is 0 Å². The van der Waals surface area contributed by atoms with E-state index >= 15 is 0 Å². The normalized spacial score (nSPS) is 12.3. The van der Waals surface area contributed by atoms with Gasteiger partial charge in [-0.05, 0) is 103 Å². The van der Waals surface area contributed by atoms with Crippen molar-refractivity contribution in [3.05, 3.63) is 103 Å². The molecular formula is C33H36O4S. The van der Waals surface area contributed by atoms with E-state index in [1.165, 1.54) is 0 Å². The first kappa shape index (κ1) is 27.5. The van der Waals surface area contributed by atoms with Gasteiger partial charge in [0.05, 0.1) is 9.79 Å². The lowest BCUT2D eigenvalue weighted by molar-refractivity contribution is 0.105. The first-order chi connectivity index (χ1) is 17.9. The maximum absolute atomic E-state index is 13.1. The first-order valence-electron chi connectivity index (χ1n) is 12.9. The van der Waals surface area contributed by atoms with E-state index in [4.69, 9.17) is 9.47 Å². The molecular weight excluding hydrogens is 492 g/mol. The van der Waals surface area contributed by atoms with Crippen LogP contribution in [0.4, 0.5) is 0 Å². The second kappa shape index (κ2) is 10.7. The van der Waals surface area contributed by atoms with E-state index in [-0.39, 0.29) is 20.8 Å². The molecule has 0 N–H and O–H groups in total. The molecule has 38 heavy (non-hydrogen) atoms. The van der Waals surface area contributed by atoms with Crippen LogP contribution in [0.5, 0.6) is 17.2 Å². The molecule has 0 aliphatic carbocycles. The summed E-state index contributed by atoms with van der Waals surface area (Å²) in [7, 11) is -3.61. The van der Waals surface area contributed by atoms with Crippen LogP contribution in [0.1, 0.15) is 53.5 Å². The number of rotatable bonds is 8. The van der Waals surface area contributed by atoms with Gasteiger partial charge in [0.25, 0.3) is 0 Å². The summed E-state index contributed by atoms with van der Waals surface area (Å²) in [6.07, 6.45) is 0.931. The van der Waals surface area contributed by atoms with Crippen LogP contribution in [0.2, 0.25) is 0 Å². The van der Waals surface area contributed by atoms with Crippen LogP contribution in [-0.4, -0.2) is 14.0 Å². The lowest BCUT2D eigenvalue weighted by atomic mass is 9.87. The minimum absolute atomic E-state index is 0.0369. The molecule has 4 aromatic carbocycles. The van der Waals surface area contributed by atoms with Crippen LogP contribution in [0, 0.1) is 0 Å². The summed E-state index contributed by atoms with van der Waals surface area (Å²) < 4.78 is 38.2. The standard InChI is InChI=1S/C33H36O4S/c1-7-33(5,6)37-29-16-10-25(11-17-29)24-8-14-27(15-9-24)36-28-18-22-31(23-19-28)38(34,35)30-20-12-26(13-21-30)32(2,3)4/h8-23H,7H2,1-6H3. The summed E-state index contributed by atoms with van der Waals surface area (Å²) in [5.41, 5.74) is 3.01. The molecule has 0 bridgehead atoms. The number of benzene rings is 4. The molecule has 0 aliphatic heterocycles. The van der Waals surface area contributed by atoms with E-state index in [0.717, 1.165) is 28.9 Å². The summed E-state index contributed by atoms with van der Waals surface area (Å²) in [5, 5.41) is 0. The van der Waals surface area contributed by atoms with E-state index in [9.17, 15) is 8.42 Å². The van der Waals surface area contributed by atoms with E-state index in [1.807, 2.05) is 60.7 Å². The lowest BCUT2D eigenvalue weighted by Gasteiger charge is -2.24. The van der Waals surface area contributed by atoms with Crippen molar-refractivity contribution >= 4 is 9.84 Å². The highest BCUT2D eigenvalue weighted by molar-refractivity contribution is 7.91. The number of hydrogen-bond acceptors (Lipinski definition) is 4.